The second-order valence-corrected chi connectivity index (χ2v) is 5.95. The Kier molecular flexibility index (Phi) is 6.14. The molecule has 1 aromatic rings. The average molecular weight is 330 g/mol. The third kappa shape index (κ3) is 3.63. The molecular weight excluding hydrogens is 306 g/mol. The summed E-state index contributed by atoms with van der Waals surface area (Å²) in [5, 5.41) is 3.39. The zero-order valence-electron chi connectivity index (χ0n) is 12.6. The van der Waals surface area contributed by atoms with Crippen LogP contribution in [0, 0.1) is 11.8 Å². The Morgan fingerprint density at radius 1 is 1.05 bits per heavy atom. The van der Waals surface area contributed by atoms with E-state index in [0.29, 0.717) is 11.8 Å². The Morgan fingerprint density at radius 3 is 2.05 bits per heavy atom. The van der Waals surface area contributed by atoms with Crippen molar-refractivity contribution in [3.63, 3.8) is 0 Å². The summed E-state index contributed by atoms with van der Waals surface area (Å²) in [6, 6.07) is 4.24. The molecule has 0 aromatic heterocycles. The maximum atomic E-state index is 5.51. The minimum atomic E-state index is 0.233. The lowest BCUT2D eigenvalue weighted by Gasteiger charge is -2.28. The van der Waals surface area contributed by atoms with E-state index in [1.54, 1.807) is 14.2 Å². The molecule has 0 saturated heterocycles. The van der Waals surface area contributed by atoms with Gasteiger partial charge in [0.15, 0.2) is 0 Å². The number of halogens is 1. The van der Waals surface area contributed by atoms with Gasteiger partial charge in [-0.1, -0.05) is 20.8 Å². The number of rotatable bonds is 6. The van der Waals surface area contributed by atoms with E-state index in [4.69, 9.17) is 9.47 Å². The number of hydrogen-bond acceptors (Lipinski definition) is 3. The van der Waals surface area contributed by atoms with Gasteiger partial charge in [0.05, 0.1) is 18.7 Å². The summed E-state index contributed by atoms with van der Waals surface area (Å²) in [4.78, 5) is 0. The fourth-order valence-electron chi connectivity index (χ4n) is 2.21. The summed E-state index contributed by atoms with van der Waals surface area (Å²) in [5.41, 5.74) is 1.13. The quantitative estimate of drug-likeness (QED) is 0.855. The van der Waals surface area contributed by atoms with Gasteiger partial charge >= 0.3 is 0 Å². The van der Waals surface area contributed by atoms with Crippen molar-refractivity contribution in [3.05, 3.63) is 22.2 Å². The lowest BCUT2D eigenvalue weighted by molar-refractivity contribution is 0.304. The fourth-order valence-corrected chi connectivity index (χ4v) is 2.70. The van der Waals surface area contributed by atoms with Gasteiger partial charge < -0.3 is 14.8 Å². The van der Waals surface area contributed by atoms with E-state index in [9.17, 15) is 0 Å². The Balaban J connectivity index is 3.28. The van der Waals surface area contributed by atoms with Crippen LogP contribution in [0.1, 0.15) is 32.4 Å². The Hall–Kier alpha value is -0.740. The van der Waals surface area contributed by atoms with Crippen LogP contribution in [0.15, 0.2) is 16.6 Å². The van der Waals surface area contributed by atoms with Crippen LogP contribution in [-0.2, 0) is 0 Å². The molecule has 4 heteroatoms. The van der Waals surface area contributed by atoms with E-state index in [2.05, 4.69) is 42.0 Å². The normalized spacial score (nSPS) is 14.3. The maximum absolute atomic E-state index is 5.51. The van der Waals surface area contributed by atoms with Gasteiger partial charge in [0.1, 0.15) is 11.5 Å². The van der Waals surface area contributed by atoms with Gasteiger partial charge in [-0.25, -0.2) is 0 Å². The summed E-state index contributed by atoms with van der Waals surface area (Å²) < 4.78 is 11.8. The van der Waals surface area contributed by atoms with Crippen molar-refractivity contribution in [3.8, 4) is 11.5 Å². The van der Waals surface area contributed by atoms with E-state index in [1.165, 1.54) is 0 Å². The third-order valence-electron chi connectivity index (χ3n) is 3.73. The molecule has 3 nitrogen and oxygen atoms in total. The Labute approximate surface area is 124 Å². The van der Waals surface area contributed by atoms with Crippen LogP contribution in [-0.4, -0.2) is 21.3 Å². The number of ether oxygens (including phenoxy) is 2. The highest BCUT2D eigenvalue weighted by Crippen LogP contribution is 2.39. The molecule has 0 aliphatic heterocycles. The highest BCUT2D eigenvalue weighted by Gasteiger charge is 2.24. The second-order valence-electron chi connectivity index (χ2n) is 5.10. The first-order valence-corrected chi connectivity index (χ1v) is 7.34. The smallest absolute Gasteiger partial charge is 0.133 e. The van der Waals surface area contributed by atoms with Gasteiger partial charge in [-0.15, -0.1) is 0 Å². The second kappa shape index (κ2) is 7.15. The predicted molar refractivity (Wildman–Crippen MR) is 83.0 cm³/mol. The lowest BCUT2D eigenvalue weighted by atomic mass is 9.85. The summed E-state index contributed by atoms with van der Waals surface area (Å²) in [5.74, 6) is 2.77. The fraction of sp³-hybridized carbons (Fsp3) is 0.600. The van der Waals surface area contributed by atoms with E-state index >= 15 is 0 Å². The van der Waals surface area contributed by atoms with Crippen LogP contribution in [0.5, 0.6) is 11.5 Å². The Bertz CT molecular complexity index is 421. The third-order valence-corrected chi connectivity index (χ3v) is 4.35. The van der Waals surface area contributed by atoms with Crippen LogP contribution < -0.4 is 14.8 Å². The molecule has 108 valence electrons. The highest BCUT2D eigenvalue weighted by molar-refractivity contribution is 9.10. The molecular formula is C15H24BrNO2. The summed E-state index contributed by atoms with van der Waals surface area (Å²) in [7, 11) is 5.36. The van der Waals surface area contributed by atoms with Gasteiger partial charge in [0.25, 0.3) is 0 Å². The van der Waals surface area contributed by atoms with Crippen molar-refractivity contribution in [1.29, 1.82) is 0 Å². The van der Waals surface area contributed by atoms with E-state index < -0.39 is 0 Å². The molecule has 0 aliphatic carbocycles. The molecule has 0 fully saturated rings. The molecule has 0 aliphatic rings. The van der Waals surface area contributed by atoms with Crippen molar-refractivity contribution in [2.45, 2.75) is 26.8 Å². The number of nitrogens with one attached hydrogen (secondary N) is 1. The largest absolute Gasteiger partial charge is 0.496 e. The van der Waals surface area contributed by atoms with Crippen molar-refractivity contribution >= 4 is 15.9 Å². The van der Waals surface area contributed by atoms with Crippen molar-refractivity contribution < 1.29 is 9.47 Å². The SMILES string of the molecule is CNC(c1cc(OC)c(Br)cc1OC)C(C)C(C)C. The molecule has 0 bridgehead atoms. The van der Waals surface area contributed by atoms with Crippen molar-refractivity contribution in [2.24, 2.45) is 11.8 Å². The first kappa shape index (κ1) is 16.3. The maximum Gasteiger partial charge on any atom is 0.133 e. The minimum Gasteiger partial charge on any atom is -0.496 e. The van der Waals surface area contributed by atoms with Crippen LogP contribution in [0.4, 0.5) is 0 Å². The van der Waals surface area contributed by atoms with Crippen LogP contribution >= 0.6 is 15.9 Å². The van der Waals surface area contributed by atoms with Crippen LogP contribution in [0.2, 0.25) is 0 Å². The molecule has 1 N–H and O–H groups in total. The van der Waals surface area contributed by atoms with Gasteiger partial charge in [0.2, 0.25) is 0 Å². The zero-order valence-corrected chi connectivity index (χ0v) is 14.2. The van der Waals surface area contributed by atoms with Crippen molar-refractivity contribution in [2.75, 3.05) is 21.3 Å². The topological polar surface area (TPSA) is 30.5 Å². The molecule has 2 atom stereocenters. The molecule has 1 aromatic carbocycles. The zero-order chi connectivity index (χ0) is 14.6. The number of benzene rings is 1. The summed E-state index contributed by atoms with van der Waals surface area (Å²) in [6.07, 6.45) is 0. The van der Waals surface area contributed by atoms with E-state index in [1.807, 2.05) is 19.2 Å². The standard InChI is InChI=1S/C15H24BrNO2/c1-9(2)10(3)15(17-4)11-7-14(19-6)12(16)8-13(11)18-5/h7-10,15,17H,1-6H3. The molecule has 0 amide bonds. The average Bonchev–Trinajstić information content (AvgIpc) is 2.40. The summed E-state index contributed by atoms with van der Waals surface area (Å²) >= 11 is 3.49. The molecule has 0 spiro atoms. The van der Waals surface area contributed by atoms with E-state index in [-0.39, 0.29) is 6.04 Å². The first-order chi connectivity index (χ1) is 8.96. The molecule has 0 heterocycles. The highest BCUT2D eigenvalue weighted by atomic mass is 79.9. The molecule has 19 heavy (non-hydrogen) atoms. The molecule has 0 radical (unpaired) electrons. The van der Waals surface area contributed by atoms with Gasteiger partial charge in [-0.2, -0.15) is 0 Å². The lowest BCUT2D eigenvalue weighted by Crippen LogP contribution is -2.27. The monoisotopic (exact) mass is 329 g/mol. The molecule has 1 rings (SSSR count). The van der Waals surface area contributed by atoms with Crippen LogP contribution in [0.25, 0.3) is 0 Å². The van der Waals surface area contributed by atoms with E-state index in [0.717, 1.165) is 21.5 Å². The predicted octanol–water partition coefficient (Wildman–Crippen LogP) is 4.02. The summed E-state index contributed by atoms with van der Waals surface area (Å²) in [6.45, 7) is 6.72. The molecule has 2 unspecified atom stereocenters. The molecule has 0 saturated carbocycles. The van der Waals surface area contributed by atoms with Gasteiger partial charge in [-0.05, 0) is 46.9 Å². The van der Waals surface area contributed by atoms with Gasteiger partial charge in [-0.3, -0.25) is 0 Å². The number of methoxy groups -OCH3 is 2. The first-order valence-electron chi connectivity index (χ1n) is 6.54. The number of hydrogen-bond donors (Lipinski definition) is 1. The van der Waals surface area contributed by atoms with Gasteiger partial charge in [0, 0.05) is 11.6 Å². The van der Waals surface area contributed by atoms with Crippen molar-refractivity contribution in [1.82, 2.24) is 5.32 Å². The Morgan fingerprint density at radius 2 is 1.63 bits per heavy atom. The minimum absolute atomic E-state index is 0.233. The van der Waals surface area contributed by atoms with Crippen LogP contribution in [0.3, 0.4) is 0 Å².